The minimum absolute atomic E-state index is 0.127. The van der Waals surface area contributed by atoms with Crippen LogP contribution in [0.15, 0.2) is 42.5 Å². The van der Waals surface area contributed by atoms with Gasteiger partial charge in [0.1, 0.15) is 6.04 Å². The molecule has 2 aromatic carbocycles. The third-order valence-electron chi connectivity index (χ3n) is 3.75. The van der Waals surface area contributed by atoms with Gasteiger partial charge in [0.15, 0.2) is 0 Å². The van der Waals surface area contributed by atoms with Crippen LogP contribution in [0, 0.1) is 0 Å². The summed E-state index contributed by atoms with van der Waals surface area (Å²) in [6, 6.07) is 12.8. The molecule has 0 bridgehead atoms. The smallest absolute Gasteiger partial charge is 0.338 e. The Kier molecular flexibility index (Phi) is 4.02. The lowest BCUT2D eigenvalue weighted by molar-refractivity contribution is -0.116. The van der Waals surface area contributed by atoms with E-state index in [0.29, 0.717) is 17.9 Å². The first-order chi connectivity index (χ1) is 11.1. The minimum atomic E-state index is -0.402. The first-order valence-electron chi connectivity index (χ1n) is 7.58. The van der Waals surface area contributed by atoms with E-state index < -0.39 is 5.97 Å². The Hall–Kier alpha value is -2.82. The molecule has 5 nitrogen and oxygen atoms in total. The molecule has 0 spiro atoms. The van der Waals surface area contributed by atoms with Crippen LogP contribution < -0.4 is 10.6 Å². The van der Waals surface area contributed by atoms with E-state index in [9.17, 15) is 9.59 Å². The third-order valence-corrected chi connectivity index (χ3v) is 3.75. The molecular weight excluding hydrogens is 292 g/mol. The fourth-order valence-electron chi connectivity index (χ4n) is 2.60. The summed E-state index contributed by atoms with van der Waals surface area (Å²) >= 11 is 0. The van der Waals surface area contributed by atoms with Crippen molar-refractivity contribution >= 4 is 23.3 Å². The number of hydrogen-bond acceptors (Lipinski definition) is 4. The summed E-state index contributed by atoms with van der Waals surface area (Å²) in [5, 5.41) is 6.06. The monoisotopic (exact) mass is 310 g/mol. The molecule has 23 heavy (non-hydrogen) atoms. The summed E-state index contributed by atoms with van der Waals surface area (Å²) in [6.45, 7) is 3.87. The topological polar surface area (TPSA) is 67.4 Å². The summed E-state index contributed by atoms with van der Waals surface area (Å²) in [7, 11) is 0. The van der Waals surface area contributed by atoms with Crippen LogP contribution in [0.3, 0.4) is 0 Å². The van der Waals surface area contributed by atoms with Gasteiger partial charge < -0.3 is 15.4 Å². The Morgan fingerprint density at radius 1 is 1.22 bits per heavy atom. The summed E-state index contributed by atoms with van der Waals surface area (Å²) in [4.78, 5) is 24.0. The first kappa shape index (κ1) is 15.1. The molecule has 0 aromatic heterocycles. The number of benzene rings is 2. The fourth-order valence-corrected chi connectivity index (χ4v) is 2.60. The highest BCUT2D eigenvalue weighted by Gasteiger charge is 2.26. The van der Waals surface area contributed by atoms with Crippen LogP contribution >= 0.6 is 0 Å². The Morgan fingerprint density at radius 3 is 2.65 bits per heavy atom. The Labute approximate surface area is 134 Å². The van der Waals surface area contributed by atoms with Crippen molar-refractivity contribution in [2.45, 2.75) is 19.9 Å². The number of esters is 1. The predicted octanol–water partition coefficient (Wildman–Crippen LogP) is 3.28. The first-order valence-corrected chi connectivity index (χ1v) is 7.58. The number of amides is 1. The van der Waals surface area contributed by atoms with Crippen LogP contribution in [-0.2, 0) is 9.53 Å². The molecule has 0 saturated carbocycles. The number of hydrogen-bond donors (Lipinski definition) is 2. The number of anilines is 2. The van der Waals surface area contributed by atoms with Gasteiger partial charge in [-0.15, -0.1) is 0 Å². The lowest BCUT2D eigenvalue weighted by Gasteiger charge is -2.27. The standard InChI is InChI=1S/C18H18N2O3/c1-3-23-18(22)13-9-14(12-7-5-4-6-8-12)16-15(10-13)20-17(21)11(2)19-16/h4-11,19H,3H2,1-2H3,(H,20,21). The van der Waals surface area contributed by atoms with Crippen LogP contribution in [0.25, 0.3) is 11.1 Å². The van der Waals surface area contributed by atoms with Gasteiger partial charge in [-0.25, -0.2) is 4.79 Å². The van der Waals surface area contributed by atoms with Crippen molar-refractivity contribution in [2.75, 3.05) is 17.2 Å². The molecule has 0 fully saturated rings. The fraction of sp³-hybridized carbons (Fsp3) is 0.222. The molecular formula is C18H18N2O3. The quantitative estimate of drug-likeness (QED) is 0.854. The van der Waals surface area contributed by atoms with Gasteiger partial charge in [0.05, 0.1) is 23.5 Å². The molecule has 118 valence electrons. The second kappa shape index (κ2) is 6.12. The summed E-state index contributed by atoms with van der Waals surface area (Å²) in [5.74, 6) is -0.530. The Balaban J connectivity index is 2.16. The van der Waals surface area contributed by atoms with Gasteiger partial charge in [-0.3, -0.25) is 4.79 Å². The van der Waals surface area contributed by atoms with Gasteiger partial charge in [0.2, 0.25) is 5.91 Å². The van der Waals surface area contributed by atoms with E-state index in [1.807, 2.05) is 30.3 Å². The minimum Gasteiger partial charge on any atom is -0.462 e. The van der Waals surface area contributed by atoms with E-state index in [-0.39, 0.29) is 11.9 Å². The van der Waals surface area contributed by atoms with Crippen molar-refractivity contribution < 1.29 is 14.3 Å². The molecule has 0 saturated heterocycles. The predicted molar refractivity (Wildman–Crippen MR) is 89.5 cm³/mol. The van der Waals surface area contributed by atoms with Crippen LogP contribution in [0.5, 0.6) is 0 Å². The number of rotatable bonds is 3. The van der Waals surface area contributed by atoms with Crippen LogP contribution in [0.4, 0.5) is 11.4 Å². The summed E-state index contributed by atoms with van der Waals surface area (Å²) in [6.07, 6.45) is 0. The lowest BCUT2D eigenvalue weighted by atomic mass is 9.97. The van der Waals surface area contributed by atoms with E-state index in [4.69, 9.17) is 4.74 Å². The van der Waals surface area contributed by atoms with Crippen molar-refractivity contribution in [1.29, 1.82) is 0 Å². The van der Waals surface area contributed by atoms with Gasteiger partial charge in [0.25, 0.3) is 0 Å². The largest absolute Gasteiger partial charge is 0.462 e. The second-order valence-corrected chi connectivity index (χ2v) is 5.39. The van der Waals surface area contributed by atoms with Crippen molar-refractivity contribution in [2.24, 2.45) is 0 Å². The molecule has 0 radical (unpaired) electrons. The molecule has 1 aliphatic rings. The van der Waals surface area contributed by atoms with Crippen LogP contribution in [0.1, 0.15) is 24.2 Å². The maximum atomic E-state index is 12.1. The van der Waals surface area contributed by atoms with Gasteiger partial charge >= 0.3 is 5.97 Å². The molecule has 5 heteroatoms. The Morgan fingerprint density at radius 2 is 1.96 bits per heavy atom. The normalized spacial score (nSPS) is 16.1. The van der Waals surface area contributed by atoms with Gasteiger partial charge in [-0.2, -0.15) is 0 Å². The third kappa shape index (κ3) is 2.90. The van der Waals surface area contributed by atoms with E-state index >= 15 is 0 Å². The highest BCUT2D eigenvalue weighted by atomic mass is 16.5. The van der Waals surface area contributed by atoms with Crippen LogP contribution in [-0.4, -0.2) is 24.5 Å². The maximum absolute atomic E-state index is 12.1. The molecule has 0 aliphatic carbocycles. The highest BCUT2D eigenvalue weighted by Crippen LogP contribution is 2.38. The van der Waals surface area contributed by atoms with Crippen molar-refractivity contribution in [1.82, 2.24) is 0 Å². The van der Waals surface area contributed by atoms with E-state index in [2.05, 4.69) is 10.6 Å². The average Bonchev–Trinajstić information content (AvgIpc) is 2.56. The van der Waals surface area contributed by atoms with Gasteiger partial charge in [0, 0.05) is 5.56 Å². The maximum Gasteiger partial charge on any atom is 0.338 e. The van der Waals surface area contributed by atoms with Crippen molar-refractivity contribution in [3.63, 3.8) is 0 Å². The highest BCUT2D eigenvalue weighted by molar-refractivity contribution is 6.08. The molecule has 2 aromatic rings. The Bertz CT molecular complexity index is 756. The zero-order valence-electron chi connectivity index (χ0n) is 13.1. The zero-order chi connectivity index (χ0) is 16.4. The van der Waals surface area contributed by atoms with E-state index in [1.165, 1.54) is 0 Å². The molecule has 2 N–H and O–H groups in total. The molecule has 1 heterocycles. The molecule has 1 unspecified atom stereocenters. The molecule has 3 rings (SSSR count). The van der Waals surface area contributed by atoms with E-state index in [1.54, 1.807) is 26.0 Å². The van der Waals surface area contributed by atoms with Crippen molar-refractivity contribution in [3.8, 4) is 11.1 Å². The number of ether oxygens (including phenoxy) is 1. The van der Waals surface area contributed by atoms with E-state index in [0.717, 1.165) is 16.8 Å². The van der Waals surface area contributed by atoms with Crippen LogP contribution in [0.2, 0.25) is 0 Å². The molecule has 1 aliphatic heterocycles. The van der Waals surface area contributed by atoms with Gasteiger partial charge in [-0.05, 0) is 31.5 Å². The number of fused-ring (bicyclic) bond motifs is 1. The second-order valence-electron chi connectivity index (χ2n) is 5.39. The summed E-state index contributed by atoms with van der Waals surface area (Å²) < 4.78 is 5.09. The lowest BCUT2D eigenvalue weighted by Crippen LogP contribution is -2.36. The molecule has 1 atom stereocenters. The van der Waals surface area contributed by atoms with Crippen molar-refractivity contribution in [3.05, 3.63) is 48.0 Å². The SMILES string of the molecule is CCOC(=O)c1cc2c(c(-c3ccccc3)c1)NC(C)C(=O)N2. The number of nitrogens with one attached hydrogen (secondary N) is 2. The molecule has 1 amide bonds. The summed E-state index contributed by atoms with van der Waals surface area (Å²) in [5.41, 5.74) is 3.65. The number of carbonyl (C=O) groups excluding carboxylic acids is 2. The average molecular weight is 310 g/mol. The zero-order valence-corrected chi connectivity index (χ0v) is 13.1. The number of carbonyl (C=O) groups is 2. The van der Waals surface area contributed by atoms with Gasteiger partial charge in [-0.1, -0.05) is 30.3 Å².